The van der Waals surface area contributed by atoms with Gasteiger partial charge in [-0.2, -0.15) is 0 Å². The van der Waals surface area contributed by atoms with Gasteiger partial charge in [0, 0.05) is 23.0 Å². The average Bonchev–Trinajstić information content (AvgIpc) is 2.85. The van der Waals surface area contributed by atoms with E-state index in [0.29, 0.717) is 0 Å². The number of aromatic nitrogens is 1. The second kappa shape index (κ2) is 6.17. The Morgan fingerprint density at radius 3 is 2.58 bits per heavy atom. The maximum atomic E-state index is 5.40. The van der Waals surface area contributed by atoms with Crippen LogP contribution in [0, 0.1) is 6.92 Å². The van der Waals surface area contributed by atoms with Crippen molar-refractivity contribution in [3.05, 3.63) is 45.9 Å². The maximum absolute atomic E-state index is 5.40. The summed E-state index contributed by atoms with van der Waals surface area (Å²) in [7, 11) is 1.71. The summed E-state index contributed by atoms with van der Waals surface area (Å²) in [5.41, 5.74) is 2.27. The maximum Gasteiger partial charge on any atom is 0.123 e. The standard InChI is InChI=1S/C15H20N2OS/c1-10(13-7-5-6-8-15(13)18-4)16-11(2)14-9-19-12(3)17-14/h5-11,16H,1-4H3/t10-,11?/m1/s1. The molecule has 0 saturated heterocycles. The molecule has 1 aromatic heterocycles. The van der Waals surface area contributed by atoms with E-state index in [9.17, 15) is 0 Å². The molecule has 2 rings (SSSR count). The Bertz CT molecular complexity index is 538. The fourth-order valence-electron chi connectivity index (χ4n) is 2.15. The molecule has 0 aliphatic rings. The Balaban J connectivity index is 2.10. The summed E-state index contributed by atoms with van der Waals surface area (Å²) >= 11 is 1.69. The molecule has 0 amide bonds. The average molecular weight is 276 g/mol. The van der Waals surface area contributed by atoms with Crippen LogP contribution in [0.1, 0.15) is 42.2 Å². The van der Waals surface area contributed by atoms with Gasteiger partial charge in [0.15, 0.2) is 0 Å². The molecule has 1 heterocycles. The molecule has 4 heteroatoms. The first-order chi connectivity index (χ1) is 9.11. The smallest absolute Gasteiger partial charge is 0.123 e. The molecule has 1 unspecified atom stereocenters. The molecule has 3 nitrogen and oxygen atoms in total. The van der Waals surface area contributed by atoms with Crippen LogP contribution in [-0.2, 0) is 0 Å². The van der Waals surface area contributed by atoms with Crippen molar-refractivity contribution in [1.82, 2.24) is 10.3 Å². The Hall–Kier alpha value is -1.39. The largest absolute Gasteiger partial charge is 0.496 e. The fourth-order valence-corrected chi connectivity index (χ4v) is 2.86. The lowest BCUT2D eigenvalue weighted by atomic mass is 10.1. The summed E-state index contributed by atoms with van der Waals surface area (Å²) in [4.78, 5) is 4.52. The van der Waals surface area contributed by atoms with E-state index < -0.39 is 0 Å². The second-order valence-electron chi connectivity index (χ2n) is 4.64. The van der Waals surface area contributed by atoms with Crippen LogP contribution in [0.4, 0.5) is 0 Å². The van der Waals surface area contributed by atoms with Gasteiger partial charge in [0.1, 0.15) is 5.75 Å². The Kier molecular flexibility index (Phi) is 4.56. The Labute approximate surface area is 118 Å². The number of nitrogens with zero attached hydrogens (tertiary/aromatic N) is 1. The van der Waals surface area contributed by atoms with Crippen molar-refractivity contribution in [3.8, 4) is 5.75 Å². The number of hydrogen-bond acceptors (Lipinski definition) is 4. The second-order valence-corrected chi connectivity index (χ2v) is 5.71. The van der Waals surface area contributed by atoms with Crippen LogP contribution in [0.25, 0.3) is 0 Å². The zero-order valence-corrected chi connectivity index (χ0v) is 12.6. The highest BCUT2D eigenvalue weighted by Crippen LogP contribution is 2.27. The highest BCUT2D eigenvalue weighted by molar-refractivity contribution is 7.09. The van der Waals surface area contributed by atoms with Gasteiger partial charge in [-0.05, 0) is 26.8 Å². The molecule has 0 radical (unpaired) electrons. The van der Waals surface area contributed by atoms with Gasteiger partial charge in [0.2, 0.25) is 0 Å². The first-order valence-electron chi connectivity index (χ1n) is 6.42. The van der Waals surface area contributed by atoms with Crippen LogP contribution >= 0.6 is 11.3 Å². The molecule has 0 fully saturated rings. The van der Waals surface area contributed by atoms with Crippen LogP contribution in [0.5, 0.6) is 5.75 Å². The first-order valence-corrected chi connectivity index (χ1v) is 7.30. The molecular formula is C15H20N2OS. The summed E-state index contributed by atoms with van der Waals surface area (Å²) in [5, 5.41) is 6.78. The van der Waals surface area contributed by atoms with Crippen molar-refractivity contribution in [3.63, 3.8) is 0 Å². The van der Waals surface area contributed by atoms with E-state index in [-0.39, 0.29) is 12.1 Å². The van der Waals surface area contributed by atoms with Crippen molar-refractivity contribution in [2.24, 2.45) is 0 Å². The van der Waals surface area contributed by atoms with Crippen LogP contribution in [0.2, 0.25) is 0 Å². The summed E-state index contributed by atoms with van der Waals surface area (Å²) in [6, 6.07) is 8.55. The number of ether oxygens (including phenoxy) is 1. The van der Waals surface area contributed by atoms with Gasteiger partial charge >= 0.3 is 0 Å². The Morgan fingerprint density at radius 1 is 1.21 bits per heavy atom. The highest BCUT2D eigenvalue weighted by Gasteiger charge is 2.15. The number of thiazole rings is 1. The van der Waals surface area contributed by atoms with Gasteiger partial charge in [-0.1, -0.05) is 18.2 Å². The van der Waals surface area contributed by atoms with E-state index in [4.69, 9.17) is 4.74 Å². The van der Waals surface area contributed by atoms with Gasteiger partial charge in [-0.25, -0.2) is 4.98 Å². The minimum atomic E-state index is 0.216. The third-order valence-corrected chi connectivity index (χ3v) is 3.98. The van der Waals surface area contributed by atoms with Crippen LogP contribution in [0.3, 0.4) is 0 Å². The van der Waals surface area contributed by atoms with Gasteiger partial charge < -0.3 is 10.1 Å². The summed E-state index contributed by atoms with van der Waals surface area (Å²) in [5.74, 6) is 0.921. The van der Waals surface area contributed by atoms with Crippen molar-refractivity contribution < 1.29 is 4.74 Å². The SMILES string of the molecule is COc1ccccc1[C@@H](C)NC(C)c1csc(C)n1. The normalized spacial score (nSPS) is 14.1. The van der Waals surface area contributed by atoms with Crippen LogP contribution in [0.15, 0.2) is 29.6 Å². The lowest BCUT2D eigenvalue weighted by Crippen LogP contribution is -2.23. The first kappa shape index (κ1) is 14.0. The number of rotatable bonds is 5. The molecule has 0 saturated carbocycles. The summed E-state index contributed by atoms with van der Waals surface area (Å²) < 4.78 is 5.40. The monoisotopic (exact) mass is 276 g/mol. The van der Waals surface area contributed by atoms with Crippen molar-refractivity contribution in [1.29, 1.82) is 0 Å². The molecule has 1 aromatic carbocycles. The minimum Gasteiger partial charge on any atom is -0.496 e. The van der Waals surface area contributed by atoms with Crippen molar-refractivity contribution >= 4 is 11.3 Å². The molecular weight excluding hydrogens is 256 g/mol. The van der Waals surface area contributed by atoms with Crippen molar-refractivity contribution in [2.45, 2.75) is 32.9 Å². The number of methoxy groups -OCH3 is 1. The molecule has 0 aliphatic carbocycles. The molecule has 2 atom stereocenters. The zero-order valence-electron chi connectivity index (χ0n) is 11.8. The molecule has 19 heavy (non-hydrogen) atoms. The molecule has 102 valence electrons. The fraction of sp³-hybridized carbons (Fsp3) is 0.400. The van der Waals surface area contributed by atoms with E-state index in [1.807, 2.05) is 25.1 Å². The molecule has 0 bridgehead atoms. The quantitative estimate of drug-likeness (QED) is 0.900. The lowest BCUT2D eigenvalue weighted by molar-refractivity contribution is 0.396. The van der Waals surface area contributed by atoms with E-state index in [1.54, 1.807) is 18.4 Å². The van der Waals surface area contributed by atoms with Gasteiger partial charge in [-0.15, -0.1) is 11.3 Å². The predicted molar refractivity (Wildman–Crippen MR) is 79.8 cm³/mol. The third kappa shape index (κ3) is 3.33. The minimum absolute atomic E-state index is 0.216. The molecule has 2 aromatic rings. The Morgan fingerprint density at radius 2 is 1.95 bits per heavy atom. The van der Waals surface area contributed by atoms with E-state index in [1.165, 1.54) is 5.56 Å². The van der Waals surface area contributed by atoms with Gasteiger partial charge in [-0.3, -0.25) is 0 Å². The summed E-state index contributed by atoms with van der Waals surface area (Å²) in [6.07, 6.45) is 0. The molecule has 0 spiro atoms. The zero-order chi connectivity index (χ0) is 13.8. The summed E-state index contributed by atoms with van der Waals surface area (Å²) in [6.45, 7) is 6.32. The lowest BCUT2D eigenvalue weighted by Gasteiger charge is -2.21. The van der Waals surface area contributed by atoms with E-state index in [2.05, 4.69) is 35.6 Å². The highest BCUT2D eigenvalue weighted by atomic mass is 32.1. The number of para-hydroxylation sites is 1. The van der Waals surface area contributed by atoms with Gasteiger partial charge in [0.25, 0.3) is 0 Å². The van der Waals surface area contributed by atoms with Gasteiger partial charge in [0.05, 0.1) is 17.8 Å². The number of nitrogens with one attached hydrogen (secondary N) is 1. The number of aryl methyl sites for hydroxylation is 1. The molecule has 0 aliphatic heterocycles. The van der Waals surface area contributed by atoms with Crippen LogP contribution in [-0.4, -0.2) is 12.1 Å². The number of benzene rings is 1. The van der Waals surface area contributed by atoms with E-state index >= 15 is 0 Å². The molecule has 1 N–H and O–H groups in total. The van der Waals surface area contributed by atoms with Crippen LogP contribution < -0.4 is 10.1 Å². The topological polar surface area (TPSA) is 34.1 Å². The third-order valence-electron chi connectivity index (χ3n) is 3.19. The van der Waals surface area contributed by atoms with E-state index in [0.717, 1.165) is 16.5 Å². The number of hydrogen-bond donors (Lipinski definition) is 1. The predicted octanol–water partition coefficient (Wildman–Crippen LogP) is 3.87. The van der Waals surface area contributed by atoms with Crippen molar-refractivity contribution in [2.75, 3.05) is 7.11 Å².